The summed E-state index contributed by atoms with van der Waals surface area (Å²) in [6, 6.07) is 23.0. The number of hydrogen-bond acceptors (Lipinski definition) is 9. The second kappa shape index (κ2) is 37.5. The summed E-state index contributed by atoms with van der Waals surface area (Å²) >= 11 is 23.2. The van der Waals surface area contributed by atoms with Gasteiger partial charge >= 0.3 is 71.4 Å². The van der Waals surface area contributed by atoms with E-state index in [4.69, 9.17) is 0 Å². The predicted octanol–water partition coefficient (Wildman–Crippen LogP) is 27.4. The van der Waals surface area contributed by atoms with E-state index in [2.05, 4.69) is 168 Å². The van der Waals surface area contributed by atoms with Crippen molar-refractivity contribution in [1.82, 2.24) is 0 Å². The molecule has 0 radical (unpaired) electrons. The molecule has 7 heterocycles. The molecule has 0 saturated heterocycles. The van der Waals surface area contributed by atoms with Gasteiger partial charge in [0.2, 0.25) is 0 Å². The van der Waals surface area contributed by atoms with Crippen LogP contribution in [0.15, 0.2) is 78.0 Å². The van der Waals surface area contributed by atoms with Gasteiger partial charge in [0.05, 0.1) is 17.3 Å². The van der Waals surface area contributed by atoms with Crippen LogP contribution < -0.4 is 2.89 Å². The number of halogens is 2. The molecule has 0 aliphatic heterocycles. The van der Waals surface area contributed by atoms with Crippen LogP contribution in [0.5, 0.6) is 0 Å². The van der Waals surface area contributed by atoms with Gasteiger partial charge in [-0.05, 0) is 144 Å². The van der Waals surface area contributed by atoms with Crippen LogP contribution in [0.2, 0.25) is 14.8 Å². The van der Waals surface area contributed by atoms with Gasteiger partial charge in [0.1, 0.15) is 0 Å². The zero-order valence-electron chi connectivity index (χ0n) is 48.1. The molecule has 76 heavy (non-hydrogen) atoms. The Balaban J connectivity index is 0.000000245. The van der Waals surface area contributed by atoms with E-state index in [-0.39, 0.29) is 0 Å². The van der Waals surface area contributed by atoms with Crippen molar-refractivity contribution < 1.29 is 0 Å². The summed E-state index contributed by atoms with van der Waals surface area (Å²) in [5.74, 6) is 2.48. The summed E-state index contributed by atoms with van der Waals surface area (Å²) in [6.45, 7) is 15.7. The van der Waals surface area contributed by atoms with Gasteiger partial charge in [-0.3, -0.25) is 0 Å². The molecule has 0 saturated carbocycles. The average molecular weight is 1430 g/mol. The summed E-state index contributed by atoms with van der Waals surface area (Å²) in [7, 11) is 0. The Morgan fingerprint density at radius 2 is 0.750 bits per heavy atom. The van der Waals surface area contributed by atoms with E-state index in [0.717, 1.165) is 0 Å². The monoisotopic (exact) mass is 1430 g/mol. The van der Waals surface area contributed by atoms with Crippen molar-refractivity contribution in [2.75, 3.05) is 11.5 Å². The van der Waals surface area contributed by atoms with Crippen molar-refractivity contribution in [2.24, 2.45) is 0 Å². The van der Waals surface area contributed by atoms with Gasteiger partial charge in [-0.25, -0.2) is 0 Å². The maximum absolute atomic E-state index is 3.69. The molecule has 12 heteroatoms. The van der Waals surface area contributed by atoms with Gasteiger partial charge in [-0.1, -0.05) is 155 Å². The first kappa shape index (κ1) is 67.2. The molecule has 0 atom stereocenters. The third-order valence-electron chi connectivity index (χ3n) is 13.5. The van der Waals surface area contributed by atoms with Gasteiger partial charge in [-0.15, -0.1) is 91.5 Å². The second-order valence-corrected chi connectivity index (χ2v) is 50.2. The predicted molar refractivity (Wildman–Crippen MR) is 372 cm³/mol. The minimum atomic E-state index is -1.67. The topological polar surface area (TPSA) is 0 Å². The molecule has 7 aromatic rings. The van der Waals surface area contributed by atoms with E-state index in [1.165, 1.54) is 248 Å². The van der Waals surface area contributed by atoms with Crippen LogP contribution >= 0.6 is 135 Å². The molecule has 0 nitrogen and oxygen atoms in total. The first-order valence-electron chi connectivity index (χ1n) is 28.9. The Morgan fingerprint density at radius 1 is 0.355 bits per heavy atom. The number of unbranched alkanes of at least 4 members (excludes halogenated alkanes) is 22. The van der Waals surface area contributed by atoms with Crippen LogP contribution in [0.25, 0.3) is 39.0 Å². The van der Waals surface area contributed by atoms with E-state index < -0.39 is 18.4 Å². The molecular weight excluding hydrogens is 1340 g/mol. The quantitative estimate of drug-likeness (QED) is 0.0228. The SMILES string of the molecule is CCCCCCCCCCCCCCSc1cc(Br)sc1-c1sc(Br)cc1C.CCCCCCCCCCCCCCSc1cc(C)sc1-c1sc(-c2ccc(-c3ccc(C)s3)s2)cc1C.Cc1cc[c]([Sn]([CH3])([CH3])[CH3])s1. The maximum atomic E-state index is 3.69. The Morgan fingerprint density at radius 3 is 1.20 bits per heavy atom. The Hall–Kier alpha value is 0.359. The molecule has 0 unspecified atom stereocenters. The average Bonchev–Trinajstić information content (AvgIpc) is 4.28. The van der Waals surface area contributed by atoms with Crippen molar-refractivity contribution in [3.63, 3.8) is 0 Å². The fourth-order valence-electron chi connectivity index (χ4n) is 9.12. The van der Waals surface area contributed by atoms with Gasteiger partial charge in [0, 0.05) is 48.8 Å². The molecule has 7 aromatic heterocycles. The molecule has 0 spiro atoms. The van der Waals surface area contributed by atoms with Crippen LogP contribution in [0.3, 0.4) is 0 Å². The van der Waals surface area contributed by atoms with E-state index in [9.17, 15) is 0 Å². The van der Waals surface area contributed by atoms with Gasteiger partial charge in [0.25, 0.3) is 0 Å². The Labute approximate surface area is 521 Å². The molecule has 0 N–H and O–H groups in total. The zero-order chi connectivity index (χ0) is 54.7. The molecule has 7 rings (SSSR count). The summed E-state index contributed by atoms with van der Waals surface area (Å²) in [4.78, 5) is 26.0. The van der Waals surface area contributed by atoms with E-state index >= 15 is 0 Å². The van der Waals surface area contributed by atoms with Crippen molar-refractivity contribution in [2.45, 2.75) is 227 Å². The molecule has 0 aliphatic rings. The zero-order valence-corrected chi connectivity index (χ0v) is 61.5. The van der Waals surface area contributed by atoms with Gasteiger partial charge < -0.3 is 0 Å². The fraction of sp³-hybridized carbons (Fsp3) is 0.562. The fourth-order valence-corrected chi connectivity index (χ4v) is 26.6. The van der Waals surface area contributed by atoms with E-state index in [1.807, 2.05) is 91.1 Å². The minimum absolute atomic E-state index is 1.22. The summed E-state index contributed by atoms with van der Waals surface area (Å²) < 4.78 is 4.15. The molecule has 0 fully saturated rings. The third kappa shape index (κ3) is 24.7. The molecule has 0 amide bonds. The molecule has 0 aliphatic carbocycles. The van der Waals surface area contributed by atoms with E-state index in [0.29, 0.717) is 0 Å². The normalized spacial score (nSPS) is 11.6. The van der Waals surface area contributed by atoms with Crippen LogP contribution in [-0.4, -0.2) is 29.9 Å². The standard InChI is InChI=1S/C33H44S5.C23H34Br2S3.C5H5S.3CH3.Sn/c1-5-6-7-8-9-10-11-12-13-14-15-16-21-34-31-23-26(4)36-33(31)32-24(2)22-30(38-32)29-20-19-28(37-29)27-18-17-25(3)35-27;1-3-4-5-6-7-8-9-10-11-12-13-14-15-26-19-17-21(25)28-23(19)22-18(2)16-20(24)27-22;1-5-3-2-4-6-5;;;;/h17-20,22-23H,5-16,21H2,1-4H3;16-17H,3-15H2,1-2H3;2-3H,1H3;3*1H3;. The number of hydrogen-bond donors (Lipinski definition) is 0. The summed E-state index contributed by atoms with van der Waals surface area (Å²) in [5.41, 5.74) is 2.79. The van der Waals surface area contributed by atoms with Crippen molar-refractivity contribution >= 4 is 156 Å². The van der Waals surface area contributed by atoms with Gasteiger partial charge in [0.15, 0.2) is 0 Å². The second-order valence-electron chi connectivity index (χ2n) is 21.7. The summed E-state index contributed by atoms with van der Waals surface area (Å²) in [6.07, 6.45) is 34.0. The first-order chi connectivity index (χ1) is 36.7. The van der Waals surface area contributed by atoms with E-state index in [1.54, 1.807) is 2.89 Å². The van der Waals surface area contributed by atoms with Crippen LogP contribution in [-0.2, 0) is 0 Å². The van der Waals surface area contributed by atoms with Crippen LogP contribution in [0.4, 0.5) is 0 Å². The first-order valence-corrected chi connectivity index (χ1v) is 48.2. The Kier molecular flexibility index (Phi) is 33.2. The Bertz CT molecular complexity index is 2640. The number of aryl methyl sites for hydroxylation is 5. The molecule has 420 valence electrons. The van der Waals surface area contributed by atoms with Gasteiger partial charge in [-0.2, -0.15) is 0 Å². The summed E-state index contributed by atoms with van der Waals surface area (Å²) in [5, 5.41) is 0. The third-order valence-corrected chi connectivity index (χ3v) is 35.0. The number of thiophene rings is 7. The molecular formula is C64H92Br2S9Sn. The van der Waals surface area contributed by atoms with Crippen molar-refractivity contribution in [3.8, 4) is 39.0 Å². The van der Waals surface area contributed by atoms with Crippen LogP contribution in [0, 0.1) is 34.6 Å². The van der Waals surface area contributed by atoms with Crippen LogP contribution in [0.1, 0.15) is 194 Å². The van der Waals surface area contributed by atoms with Crippen molar-refractivity contribution in [1.29, 1.82) is 0 Å². The molecule has 0 aromatic carbocycles. The number of rotatable bonds is 33. The number of thioether (sulfide) groups is 2. The molecule has 0 bridgehead atoms. The van der Waals surface area contributed by atoms with Crippen molar-refractivity contribution in [3.05, 3.63) is 94.0 Å².